The van der Waals surface area contributed by atoms with Gasteiger partial charge in [-0.2, -0.15) is 0 Å². The molecule has 0 unspecified atom stereocenters. The molecule has 2 aromatic carbocycles. The third-order valence-corrected chi connectivity index (χ3v) is 5.93. The molecular weight excluding hydrogens is 451 g/mol. The predicted octanol–water partition coefficient (Wildman–Crippen LogP) is 4.51. The second-order valence-electron chi connectivity index (χ2n) is 7.56. The zero-order valence-corrected chi connectivity index (χ0v) is 18.6. The van der Waals surface area contributed by atoms with Crippen molar-refractivity contribution in [3.05, 3.63) is 58.3 Å². The summed E-state index contributed by atoms with van der Waals surface area (Å²) in [6.07, 6.45) is 1.51. The van der Waals surface area contributed by atoms with Gasteiger partial charge in [-0.3, -0.25) is 9.69 Å². The van der Waals surface area contributed by atoms with Gasteiger partial charge in [-0.15, -0.1) is 0 Å². The number of piperidine rings is 1. The van der Waals surface area contributed by atoms with Crippen LogP contribution < -0.4 is 16.0 Å². The molecule has 0 spiro atoms. The maximum Gasteiger partial charge on any atom is 0.319 e. The molecule has 0 aromatic heterocycles. The summed E-state index contributed by atoms with van der Waals surface area (Å²) in [5.74, 6) is -0.402. The Labute approximate surface area is 184 Å². The van der Waals surface area contributed by atoms with Crippen molar-refractivity contribution in [2.45, 2.75) is 38.8 Å². The van der Waals surface area contributed by atoms with Gasteiger partial charge in [0.2, 0.25) is 5.91 Å². The van der Waals surface area contributed by atoms with Crippen molar-refractivity contribution in [1.29, 1.82) is 0 Å². The minimum Gasteiger partial charge on any atom is -0.335 e. The number of hydrogen-bond acceptors (Lipinski definition) is 3. The van der Waals surface area contributed by atoms with Gasteiger partial charge in [-0.1, -0.05) is 6.07 Å². The Morgan fingerprint density at radius 3 is 2.40 bits per heavy atom. The van der Waals surface area contributed by atoms with Crippen molar-refractivity contribution < 1.29 is 14.0 Å². The number of likely N-dealkylation sites (tertiary alicyclic amines) is 1. The molecule has 6 nitrogen and oxygen atoms in total. The van der Waals surface area contributed by atoms with Crippen LogP contribution in [0, 0.1) is 12.7 Å². The molecule has 0 aliphatic carbocycles. The van der Waals surface area contributed by atoms with Crippen LogP contribution in [0.1, 0.15) is 25.3 Å². The van der Waals surface area contributed by atoms with Gasteiger partial charge in [0, 0.05) is 29.3 Å². The van der Waals surface area contributed by atoms with Crippen molar-refractivity contribution in [2.75, 3.05) is 23.7 Å². The van der Waals surface area contributed by atoms with E-state index < -0.39 is 0 Å². The first-order valence-electron chi connectivity index (χ1n) is 9.96. The summed E-state index contributed by atoms with van der Waals surface area (Å²) in [5.41, 5.74) is 2.41. The molecule has 8 heteroatoms. The average Bonchev–Trinajstić information content (AvgIpc) is 2.71. The molecule has 1 aliphatic heterocycles. The highest BCUT2D eigenvalue weighted by molar-refractivity contribution is 9.10. The maximum absolute atomic E-state index is 12.9. The van der Waals surface area contributed by atoms with Crippen LogP contribution in [0.25, 0.3) is 0 Å². The normalized spacial score (nSPS) is 16.0. The second-order valence-corrected chi connectivity index (χ2v) is 8.42. The van der Waals surface area contributed by atoms with E-state index in [-0.39, 0.29) is 29.8 Å². The van der Waals surface area contributed by atoms with E-state index in [0.29, 0.717) is 18.8 Å². The number of nitrogens with zero attached hydrogens (tertiary/aromatic N) is 1. The highest BCUT2D eigenvalue weighted by Gasteiger charge is 2.27. The van der Waals surface area contributed by atoms with Crippen LogP contribution in [-0.4, -0.2) is 42.0 Å². The Morgan fingerprint density at radius 2 is 1.77 bits per heavy atom. The van der Waals surface area contributed by atoms with E-state index in [1.807, 2.05) is 32.0 Å². The fourth-order valence-electron chi connectivity index (χ4n) is 3.44. The third-order valence-electron chi connectivity index (χ3n) is 5.28. The largest absolute Gasteiger partial charge is 0.335 e. The first-order chi connectivity index (χ1) is 14.3. The Bertz CT molecular complexity index is 899. The molecule has 1 aliphatic rings. The smallest absolute Gasteiger partial charge is 0.319 e. The van der Waals surface area contributed by atoms with Gasteiger partial charge in [-0.25, -0.2) is 9.18 Å². The average molecular weight is 477 g/mol. The van der Waals surface area contributed by atoms with Crippen LogP contribution >= 0.6 is 15.9 Å². The molecule has 2 aromatic rings. The lowest BCUT2D eigenvalue weighted by Crippen LogP contribution is -2.51. The number of nitrogens with one attached hydrogen (secondary N) is 3. The number of carbonyl (C=O) groups is 2. The molecule has 1 saturated heterocycles. The Hall–Kier alpha value is -2.45. The van der Waals surface area contributed by atoms with Crippen LogP contribution in [0.15, 0.2) is 46.9 Å². The Morgan fingerprint density at radius 1 is 1.10 bits per heavy atom. The molecule has 0 bridgehead atoms. The molecule has 3 amide bonds. The number of urea groups is 1. The summed E-state index contributed by atoms with van der Waals surface area (Å²) in [7, 11) is 0. The number of amides is 3. The molecule has 1 heterocycles. The van der Waals surface area contributed by atoms with E-state index in [9.17, 15) is 14.0 Å². The van der Waals surface area contributed by atoms with Gasteiger partial charge in [-0.05, 0) is 84.6 Å². The van der Waals surface area contributed by atoms with Gasteiger partial charge in [0.1, 0.15) is 5.82 Å². The van der Waals surface area contributed by atoms with Crippen molar-refractivity contribution >= 4 is 39.2 Å². The minimum atomic E-state index is -0.346. The van der Waals surface area contributed by atoms with Crippen LogP contribution in [0.5, 0.6) is 0 Å². The molecule has 1 atom stereocenters. The van der Waals surface area contributed by atoms with Crippen LogP contribution in [0.4, 0.5) is 20.6 Å². The van der Waals surface area contributed by atoms with E-state index in [0.717, 1.165) is 28.6 Å². The Balaban J connectivity index is 1.45. The first-order valence-corrected chi connectivity index (χ1v) is 10.8. The second kappa shape index (κ2) is 10.0. The number of halogens is 2. The third kappa shape index (κ3) is 6.03. The zero-order valence-electron chi connectivity index (χ0n) is 17.0. The molecule has 3 rings (SSSR count). The number of anilines is 2. The number of rotatable bonds is 5. The number of carbonyl (C=O) groups excluding carboxylic acids is 2. The van der Waals surface area contributed by atoms with Gasteiger partial charge < -0.3 is 16.0 Å². The highest BCUT2D eigenvalue weighted by Crippen LogP contribution is 2.24. The summed E-state index contributed by atoms with van der Waals surface area (Å²) in [4.78, 5) is 26.9. The SMILES string of the molecule is Cc1ccc(NC(=O)[C@@H](C)N2CCC(NC(=O)Nc3ccc(F)cc3)CC2)c(Br)c1. The van der Waals surface area contributed by atoms with Gasteiger partial charge >= 0.3 is 6.03 Å². The number of hydrogen-bond donors (Lipinski definition) is 3. The molecule has 3 N–H and O–H groups in total. The van der Waals surface area contributed by atoms with Crippen molar-refractivity contribution in [1.82, 2.24) is 10.2 Å². The fourth-order valence-corrected chi connectivity index (χ4v) is 4.03. The fraction of sp³-hybridized carbons (Fsp3) is 0.364. The van der Waals surface area contributed by atoms with E-state index in [2.05, 4.69) is 36.8 Å². The summed E-state index contributed by atoms with van der Waals surface area (Å²) in [5, 5.41) is 8.63. The van der Waals surface area contributed by atoms with Crippen LogP contribution in [0.2, 0.25) is 0 Å². The van der Waals surface area contributed by atoms with Crippen molar-refractivity contribution in [2.24, 2.45) is 0 Å². The van der Waals surface area contributed by atoms with Crippen LogP contribution in [0.3, 0.4) is 0 Å². The summed E-state index contributed by atoms with van der Waals surface area (Å²) >= 11 is 3.49. The zero-order chi connectivity index (χ0) is 21.7. The van der Waals surface area contributed by atoms with E-state index in [1.165, 1.54) is 24.3 Å². The predicted molar refractivity (Wildman–Crippen MR) is 120 cm³/mol. The minimum absolute atomic E-state index is 0.0307. The molecule has 30 heavy (non-hydrogen) atoms. The first kappa shape index (κ1) is 22.2. The van der Waals surface area contributed by atoms with Crippen molar-refractivity contribution in [3.8, 4) is 0 Å². The summed E-state index contributed by atoms with van der Waals surface area (Å²) in [6.45, 7) is 5.32. The molecule has 1 fully saturated rings. The van der Waals surface area contributed by atoms with E-state index in [1.54, 1.807) is 0 Å². The molecule has 0 saturated carbocycles. The van der Waals surface area contributed by atoms with Gasteiger partial charge in [0.05, 0.1) is 11.7 Å². The van der Waals surface area contributed by atoms with Crippen molar-refractivity contribution in [3.63, 3.8) is 0 Å². The lowest BCUT2D eigenvalue weighted by atomic mass is 10.0. The lowest BCUT2D eigenvalue weighted by molar-refractivity contribution is -0.121. The van der Waals surface area contributed by atoms with E-state index in [4.69, 9.17) is 0 Å². The molecule has 160 valence electrons. The topological polar surface area (TPSA) is 73.5 Å². The van der Waals surface area contributed by atoms with Gasteiger partial charge in [0.25, 0.3) is 0 Å². The maximum atomic E-state index is 12.9. The van der Waals surface area contributed by atoms with Crippen LogP contribution in [-0.2, 0) is 4.79 Å². The molecular formula is C22H26BrFN4O2. The Kier molecular flexibility index (Phi) is 7.44. The highest BCUT2D eigenvalue weighted by atomic mass is 79.9. The molecule has 0 radical (unpaired) electrons. The number of aryl methyl sites for hydroxylation is 1. The standard InChI is InChI=1S/C22H26BrFN4O2/c1-14-3-8-20(19(23)13-14)27-21(29)15(2)28-11-9-18(10-12-28)26-22(30)25-17-6-4-16(24)5-7-17/h3-8,13,15,18H,9-12H2,1-2H3,(H,27,29)(H2,25,26,30)/t15-/m1/s1. The van der Waals surface area contributed by atoms with E-state index >= 15 is 0 Å². The summed E-state index contributed by atoms with van der Waals surface area (Å²) < 4.78 is 13.8. The quantitative estimate of drug-likeness (QED) is 0.594. The number of benzene rings is 2. The monoisotopic (exact) mass is 476 g/mol. The lowest BCUT2D eigenvalue weighted by Gasteiger charge is -2.35. The van der Waals surface area contributed by atoms with Gasteiger partial charge in [0.15, 0.2) is 0 Å². The summed E-state index contributed by atoms with van der Waals surface area (Å²) in [6, 6.07) is 10.9.